The van der Waals surface area contributed by atoms with Gasteiger partial charge in [-0.25, -0.2) is 0 Å². The minimum Gasteiger partial charge on any atom is -0.298 e. The molecule has 1 aliphatic rings. The lowest BCUT2D eigenvalue weighted by atomic mass is 10.1. The Morgan fingerprint density at radius 2 is 2.36 bits per heavy atom. The van der Waals surface area contributed by atoms with E-state index < -0.39 is 0 Å². The molecule has 1 aliphatic carbocycles. The fourth-order valence-electron chi connectivity index (χ4n) is 1.04. The topological polar surface area (TPSA) is 34.1 Å². The van der Waals surface area contributed by atoms with Crippen LogP contribution in [0.1, 0.15) is 13.3 Å². The average molecular weight is 150 g/mol. The number of carbonyl (C=O) groups excluding carboxylic acids is 2. The molecule has 0 fully saturated rings. The fourth-order valence-corrected chi connectivity index (χ4v) is 1.04. The summed E-state index contributed by atoms with van der Waals surface area (Å²) in [6.07, 6.45) is 6.44. The Morgan fingerprint density at radius 1 is 1.64 bits per heavy atom. The number of allylic oxidation sites excluding steroid dienone is 4. The second-order valence-electron chi connectivity index (χ2n) is 2.72. The Bertz CT molecular complexity index is 236. The fraction of sp³-hybridized carbons (Fsp3) is 0.333. The smallest absolute Gasteiger partial charge is 0.188 e. The lowest BCUT2D eigenvalue weighted by Gasteiger charge is -1.97. The normalized spacial score (nSPS) is 24.3. The number of ketones is 1. The molecule has 0 aromatic rings. The van der Waals surface area contributed by atoms with Crippen LogP contribution in [-0.4, -0.2) is 12.1 Å². The maximum Gasteiger partial charge on any atom is 0.188 e. The zero-order valence-electron chi connectivity index (χ0n) is 6.41. The molecule has 11 heavy (non-hydrogen) atoms. The van der Waals surface area contributed by atoms with E-state index >= 15 is 0 Å². The van der Waals surface area contributed by atoms with E-state index in [1.165, 1.54) is 6.08 Å². The molecule has 0 aliphatic heterocycles. The van der Waals surface area contributed by atoms with Crippen molar-refractivity contribution in [2.75, 3.05) is 0 Å². The molecule has 0 aromatic carbocycles. The largest absolute Gasteiger partial charge is 0.298 e. The molecule has 2 nitrogen and oxygen atoms in total. The van der Waals surface area contributed by atoms with Crippen molar-refractivity contribution in [2.24, 2.45) is 5.92 Å². The zero-order valence-corrected chi connectivity index (χ0v) is 6.41. The molecule has 1 rings (SSSR count). The van der Waals surface area contributed by atoms with Crippen LogP contribution in [0.4, 0.5) is 0 Å². The number of aldehydes is 1. The molecule has 1 atom stereocenters. The van der Waals surface area contributed by atoms with Gasteiger partial charge in [0.2, 0.25) is 0 Å². The first-order chi connectivity index (χ1) is 5.24. The molecule has 0 saturated carbocycles. The van der Waals surface area contributed by atoms with Crippen molar-refractivity contribution in [3.63, 3.8) is 0 Å². The van der Waals surface area contributed by atoms with Crippen molar-refractivity contribution in [2.45, 2.75) is 13.3 Å². The summed E-state index contributed by atoms with van der Waals surface area (Å²) in [6.45, 7) is 1.98. The molecule has 0 radical (unpaired) electrons. The molecule has 0 bridgehead atoms. The van der Waals surface area contributed by atoms with Crippen LogP contribution in [0.25, 0.3) is 0 Å². The summed E-state index contributed by atoms with van der Waals surface area (Å²) in [6, 6.07) is 0. The number of rotatable bonds is 1. The molecular weight excluding hydrogens is 140 g/mol. The molecule has 0 aromatic heterocycles. The van der Waals surface area contributed by atoms with Gasteiger partial charge in [0.1, 0.15) is 0 Å². The number of carbonyl (C=O) groups is 2. The van der Waals surface area contributed by atoms with Gasteiger partial charge in [-0.3, -0.25) is 9.59 Å². The van der Waals surface area contributed by atoms with Gasteiger partial charge in [-0.1, -0.05) is 19.1 Å². The van der Waals surface area contributed by atoms with E-state index in [-0.39, 0.29) is 17.3 Å². The lowest BCUT2D eigenvalue weighted by Crippen LogP contribution is -1.99. The summed E-state index contributed by atoms with van der Waals surface area (Å²) in [5.41, 5.74) is 0.284. The second-order valence-corrected chi connectivity index (χ2v) is 2.72. The van der Waals surface area contributed by atoms with Crippen molar-refractivity contribution in [3.8, 4) is 0 Å². The predicted octanol–water partition coefficient (Wildman–Crippen LogP) is 1.28. The van der Waals surface area contributed by atoms with Crippen LogP contribution in [0.2, 0.25) is 0 Å². The van der Waals surface area contributed by atoms with Crippen molar-refractivity contribution < 1.29 is 9.59 Å². The van der Waals surface area contributed by atoms with Gasteiger partial charge in [-0.05, 0) is 18.4 Å². The molecule has 58 valence electrons. The maximum absolute atomic E-state index is 11.0. The number of hydrogen-bond acceptors (Lipinski definition) is 2. The third-order valence-corrected chi connectivity index (χ3v) is 1.65. The van der Waals surface area contributed by atoms with Crippen molar-refractivity contribution in [3.05, 3.63) is 23.8 Å². The van der Waals surface area contributed by atoms with Crippen LogP contribution in [0.3, 0.4) is 0 Å². The Hall–Kier alpha value is -1.18. The highest BCUT2D eigenvalue weighted by atomic mass is 16.1. The highest BCUT2D eigenvalue weighted by molar-refractivity contribution is 6.17. The molecule has 0 N–H and O–H groups in total. The van der Waals surface area contributed by atoms with Crippen molar-refractivity contribution >= 4 is 12.1 Å². The first kappa shape index (κ1) is 7.92. The molecule has 0 spiro atoms. The monoisotopic (exact) mass is 150 g/mol. The third-order valence-electron chi connectivity index (χ3n) is 1.65. The third kappa shape index (κ3) is 1.87. The SMILES string of the molecule is CC1C=C(C=O)C(=O)C=CC1. The summed E-state index contributed by atoms with van der Waals surface area (Å²) < 4.78 is 0. The first-order valence-electron chi connectivity index (χ1n) is 3.62. The molecule has 0 amide bonds. The van der Waals surface area contributed by atoms with E-state index in [1.54, 1.807) is 12.2 Å². The van der Waals surface area contributed by atoms with Crippen LogP contribution < -0.4 is 0 Å². The highest BCUT2D eigenvalue weighted by Crippen LogP contribution is 2.12. The van der Waals surface area contributed by atoms with Crippen LogP contribution in [0, 0.1) is 5.92 Å². The molecular formula is C9H10O2. The Labute approximate surface area is 65.6 Å². The summed E-state index contributed by atoms with van der Waals surface area (Å²) in [5, 5.41) is 0. The Morgan fingerprint density at radius 3 is 3.00 bits per heavy atom. The molecule has 2 heteroatoms. The van der Waals surface area contributed by atoms with Gasteiger partial charge < -0.3 is 0 Å². The molecule has 0 saturated heterocycles. The van der Waals surface area contributed by atoms with Crippen LogP contribution in [-0.2, 0) is 9.59 Å². The van der Waals surface area contributed by atoms with Crippen molar-refractivity contribution in [1.82, 2.24) is 0 Å². The van der Waals surface area contributed by atoms with E-state index in [2.05, 4.69) is 0 Å². The van der Waals surface area contributed by atoms with Gasteiger partial charge in [0.25, 0.3) is 0 Å². The molecule has 0 heterocycles. The van der Waals surface area contributed by atoms with E-state index in [0.29, 0.717) is 6.29 Å². The predicted molar refractivity (Wildman–Crippen MR) is 42.1 cm³/mol. The zero-order chi connectivity index (χ0) is 8.27. The van der Waals surface area contributed by atoms with Gasteiger partial charge >= 0.3 is 0 Å². The minimum absolute atomic E-state index is 0.177. The summed E-state index contributed by atoms with van der Waals surface area (Å²) in [7, 11) is 0. The highest BCUT2D eigenvalue weighted by Gasteiger charge is 2.09. The summed E-state index contributed by atoms with van der Waals surface area (Å²) >= 11 is 0. The molecule has 1 unspecified atom stereocenters. The number of hydrogen-bond donors (Lipinski definition) is 0. The van der Waals surface area contributed by atoms with Crippen LogP contribution in [0.5, 0.6) is 0 Å². The first-order valence-corrected chi connectivity index (χ1v) is 3.62. The van der Waals surface area contributed by atoms with Crippen LogP contribution >= 0.6 is 0 Å². The summed E-state index contributed by atoms with van der Waals surface area (Å²) in [5.74, 6) is 0.113. The van der Waals surface area contributed by atoms with Crippen LogP contribution in [0.15, 0.2) is 23.8 Å². The Kier molecular flexibility index (Phi) is 2.36. The van der Waals surface area contributed by atoms with Gasteiger partial charge in [0.05, 0.1) is 5.57 Å². The van der Waals surface area contributed by atoms with Gasteiger partial charge in [0, 0.05) is 0 Å². The second kappa shape index (κ2) is 3.28. The quantitative estimate of drug-likeness (QED) is 0.416. The van der Waals surface area contributed by atoms with Gasteiger partial charge in [-0.15, -0.1) is 0 Å². The lowest BCUT2D eigenvalue weighted by molar-refractivity contribution is -0.114. The standard InChI is InChI=1S/C9H10O2/c1-7-3-2-4-9(11)8(5-7)6-10/h2,4-7H,3H2,1H3. The summed E-state index contributed by atoms with van der Waals surface area (Å²) in [4.78, 5) is 21.4. The van der Waals surface area contributed by atoms with Crippen molar-refractivity contribution in [1.29, 1.82) is 0 Å². The van der Waals surface area contributed by atoms with Gasteiger partial charge in [-0.2, -0.15) is 0 Å². The average Bonchev–Trinajstić information content (AvgIpc) is 2.13. The van der Waals surface area contributed by atoms with E-state index in [0.717, 1.165) is 6.42 Å². The van der Waals surface area contributed by atoms with E-state index in [1.807, 2.05) is 6.92 Å². The maximum atomic E-state index is 11.0. The van der Waals surface area contributed by atoms with E-state index in [9.17, 15) is 9.59 Å². The van der Waals surface area contributed by atoms with Gasteiger partial charge in [0.15, 0.2) is 12.1 Å². The Balaban J connectivity index is 2.93. The van der Waals surface area contributed by atoms with E-state index in [4.69, 9.17) is 0 Å². The minimum atomic E-state index is -0.177.